The van der Waals surface area contributed by atoms with Gasteiger partial charge in [0.2, 0.25) is 0 Å². The molecule has 0 radical (unpaired) electrons. The first-order valence-corrected chi connectivity index (χ1v) is 16.1. The van der Waals surface area contributed by atoms with Crippen molar-refractivity contribution in [2.45, 2.75) is 110 Å². The van der Waals surface area contributed by atoms with Crippen LogP contribution in [0.15, 0.2) is 36.4 Å². The van der Waals surface area contributed by atoms with Gasteiger partial charge in [-0.3, -0.25) is 14.7 Å². The molecule has 1 aromatic carbocycles. The third-order valence-corrected chi connectivity index (χ3v) is 8.79. The number of esters is 1. The number of hydrogen-bond donors (Lipinski definition) is 1. The maximum atomic E-state index is 13.0. The molecule has 1 N–H and O–H groups in total. The number of carbonyl (C=O) groups is 1. The van der Waals surface area contributed by atoms with Crippen LogP contribution in [-0.4, -0.2) is 60.4 Å². The summed E-state index contributed by atoms with van der Waals surface area (Å²) < 4.78 is 18.7. The molecule has 0 bridgehead atoms. The molecule has 3 aliphatic rings. The second-order valence-electron chi connectivity index (χ2n) is 14.1. The van der Waals surface area contributed by atoms with E-state index in [9.17, 15) is 4.79 Å². The van der Waals surface area contributed by atoms with E-state index in [0.717, 1.165) is 71.1 Å². The number of fused-ring (bicyclic) bond motifs is 1. The lowest BCUT2D eigenvalue weighted by Gasteiger charge is -2.38. The molecule has 2 fully saturated rings. The van der Waals surface area contributed by atoms with Gasteiger partial charge in [0.25, 0.3) is 0 Å². The smallest absolute Gasteiger partial charge is 0.320 e. The van der Waals surface area contributed by atoms with Gasteiger partial charge in [-0.05, 0) is 101 Å². The summed E-state index contributed by atoms with van der Waals surface area (Å²) in [7, 11) is 0. The van der Waals surface area contributed by atoms with Crippen molar-refractivity contribution in [2.24, 2.45) is 5.41 Å². The number of unbranched alkanes of at least 4 members (excludes halogenated alkanes) is 1. The highest BCUT2D eigenvalue weighted by Gasteiger charge is 2.40. The Morgan fingerprint density at radius 2 is 1.95 bits per heavy atom. The van der Waals surface area contributed by atoms with Crippen LogP contribution in [-0.2, 0) is 31.8 Å². The monoisotopic (exact) mass is 577 g/mol. The number of ether oxygens (including phenoxy) is 3. The van der Waals surface area contributed by atoms with Crippen molar-refractivity contribution in [3.63, 3.8) is 0 Å². The van der Waals surface area contributed by atoms with Gasteiger partial charge in [0.05, 0.1) is 36.2 Å². The van der Waals surface area contributed by atoms with E-state index in [1.54, 1.807) is 0 Å². The molecule has 42 heavy (non-hydrogen) atoms. The molecule has 1 aromatic heterocycles. The summed E-state index contributed by atoms with van der Waals surface area (Å²) >= 11 is 0. The minimum atomic E-state index is -0.509. The maximum absolute atomic E-state index is 13.0. The second-order valence-corrected chi connectivity index (χ2v) is 14.1. The van der Waals surface area contributed by atoms with Crippen LogP contribution in [0.5, 0.6) is 0 Å². The summed E-state index contributed by atoms with van der Waals surface area (Å²) in [5.74, 6) is -0.187. The lowest BCUT2D eigenvalue weighted by Crippen LogP contribution is -2.37. The number of likely N-dealkylation sites (tertiary alicyclic amines) is 1. The van der Waals surface area contributed by atoms with E-state index < -0.39 is 5.60 Å². The van der Waals surface area contributed by atoms with Crippen LogP contribution in [0.2, 0.25) is 0 Å². The summed E-state index contributed by atoms with van der Waals surface area (Å²) in [6, 6.07) is 13.0. The van der Waals surface area contributed by atoms with Gasteiger partial charge in [-0.2, -0.15) is 0 Å². The lowest BCUT2D eigenvalue weighted by molar-refractivity contribution is -0.156. The second kappa shape index (κ2) is 13.4. The molecule has 230 valence electrons. The summed E-state index contributed by atoms with van der Waals surface area (Å²) in [6.07, 6.45) is 8.21. The average Bonchev–Trinajstić information content (AvgIpc) is 3.32. The van der Waals surface area contributed by atoms with E-state index in [4.69, 9.17) is 19.2 Å². The summed E-state index contributed by atoms with van der Waals surface area (Å²) in [6.45, 7) is 14.0. The van der Waals surface area contributed by atoms with Gasteiger partial charge in [0.1, 0.15) is 5.60 Å². The zero-order valence-electron chi connectivity index (χ0n) is 26.4. The van der Waals surface area contributed by atoms with Crippen LogP contribution in [0, 0.1) is 5.41 Å². The summed E-state index contributed by atoms with van der Waals surface area (Å²) in [5, 5.41) is 3.45. The molecule has 2 aromatic rings. The fourth-order valence-corrected chi connectivity index (χ4v) is 6.69. The van der Waals surface area contributed by atoms with E-state index in [-0.39, 0.29) is 36.2 Å². The molecule has 3 atom stereocenters. The third-order valence-electron chi connectivity index (χ3n) is 8.79. The zero-order chi connectivity index (χ0) is 29.7. The van der Waals surface area contributed by atoms with Crippen molar-refractivity contribution >= 4 is 11.7 Å². The van der Waals surface area contributed by atoms with Crippen molar-refractivity contribution in [1.29, 1.82) is 0 Å². The molecule has 3 unspecified atom stereocenters. The van der Waals surface area contributed by atoms with Crippen molar-refractivity contribution in [3.05, 3.63) is 58.9 Å². The minimum Gasteiger partial charge on any atom is -0.459 e. The minimum absolute atomic E-state index is 0.0122. The number of carbonyl (C=O) groups excluding carboxylic acids is 1. The fourth-order valence-electron chi connectivity index (χ4n) is 6.69. The predicted octanol–water partition coefficient (Wildman–Crippen LogP) is 6.81. The molecule has 4 heterocycles. The highest BCUT2D eigenvalue weighted by atomic mass is 16.6. The summed E-state index contributed by atoms with van der Waals surface area (Å²) in [4.78, 5) is 20.1. The first kappa shape index (κ1) is 31.0. The molecule has 7 nitrogen and oxygen atoms in total. The number of benzene rings is 1. The number of aryl methyl sites for hydroxylation is 2. The molecular formula is C35H51N3O4. The van der Waals surface area contributed by atoms with Gasteiger partial charge in [-0.1, -0.05) is 38.1 Å². The largest absolute Gasteiger partial charge is 0.459 e. The van der Waals surface area contributed by atoms with Crippen LogP contribution >= 0.6 is 0 Å². The zero-order valence-corrected chi connectivity index (χ0v) is 26.4. The number of pyridine rings is 1. The Morgan fingerprint density at radius 3 is 2.74 bits per heavy atom. The van der Waals surface area contributed by atoms with E-state index in [1.807, 2.05) is 20.8 Å². The van der Waals surface area contributed by atoms with Crippen molar-refractivity contribution < 1.29 is 19.0 Å². The average molecular weight is 578 g/mol. The van der Waals surface area contributed by atoms with Gasteiger partial charge in [-0.25, -0.2) is 0 Å². The Labute approximate surface area is 252 Å². The first-order chi connectivity index (χ1) is 20.1. The van der Waals surface area contributed by atoms with E-state index >= 15 is 0 Å². The SMILES string of the molecule is CC1(C)CCOC(c2ccccc2C2C(OCCCCc3ccc4c(n3)CCCN4)CCN2CC(=O)OC(C)(C)C)C1. The van der Waals surface area contributed by atoms with Crippen molar-refractivity contribution in [3.8, 4) is 0 Å². The molecule has 0 amide bonds. The normalized spacial score (nSPS) is 24.2. The molecule has 0 spiro atoms. The Morgan fingerprint density at radius 1 is 1.14 bits per heavy atom. The van der Waals surface area contributed by atoms with Gasteiger partial charge in [0.15, 0.2) is 0 Å². The van der Waals surface area contributed by atoms with Crippen LogP contribution in [0.3, 0.4) is 0 Å². The van der Waals surface area contributed by atoms with E-state index in [0.29, 0.717) is 6.61 Å². The molecular weight excluding hydrogens is 526 g/mol. The van der Waals surface area contributed by atoms with Crippen LogP contribution < -0.4 is 5.32 Å². The highest BCUT2D eigenvalue weighted by Crippen LogP contribution is 2.44. The maximum Gasteiger partial charge on any atom is 0.320 e. The lowest BCUT2D eigenvalue weighted by atomic mass is 9.79. The highest BCUT2D eigenvalue weighted by molar-refractivity contribution is 5.72. The Hall–Kier alpha value is -2.48. The number of aromatic nitrogens is 1. The number of rotatable bonds is 10. The predicted molar refractivity (Wildman–Crippen MR) is 167 cm³/mol. The molecule has 0 aliphatic carbocycles. The first-order valence-electron chi connectivity index (χ1n) is 16.1. The van der Waals surface area contributed by atoms with Crippen LogP contribution in [0.4, 0.5) is 5.69 Å². The molecule has 2 saturated heterocycles. The third kappa shape index (κ3) is 8.12. The summed E-state index contributed by atoms with van der Waals surface area (Å²) in [5.41, 5.74) is 5.75. The molecule has 5 rings (SSSR count). The van der Waals surface area contributed by atoms with Crippen LogP contribution in [0.25, 0.3) is 0 Å². The number of hydrogen-bond acceptors (Lipinski definition) is 7. The Balaban J connectivity index is 1.26. The standard InChI is InChI=1S/C35H51N3O4/c1-34(2,3)42-32(39)24-38-20-17-30(40-21-9-8-11-25-15-16-28-29(37-25)14-10-19-36-28)33(38)27-13-7-6-12-26(27)31-23-35(4,5)18-22-41-31/h6-7,12-13,15-16,30-31,33,36H,8-11,14,17-24H2,1-5H3. The Kier molecular flexibility index (Phi) is 9.91. The molecule has 0 saturated carbocycles. The van der Waals surface area contributed by atoms with E-state index in [1.165, 1.54) is 28.2 Å². The molecule has 3 aliphatic heterocycles. The quantitative estimate of drug-likeness (QED) is 0.246. The van der Waals surface area contributed by atoms with Gasteiger partial charge in [0, 0.05) is 32.0 Å². The van der Waals surface area contributed by atoms with Crippen molar-refractivity contribution in [2.75, 3.05) is 38.2 Å². The molecule has 7 heteroatoms. The number of nitrogens with one attached hydrogen (secondary N) is 1. The Bertz CT molecular complexity index is 1210. The van der Waals surface area contributed by atoms with Gasteiger partial charge >= 0.3 is 5.97 Å². The fraction of sp³-hybridized carbons (Fsp3) is 0.657. The number of anilines is 1. The number of nitrogens with zero attached hydrogens (tertiary/aromatic N) is 2. The van der Waals surface area contributed by atoms with Gasteiger partial charge < -0.3 is 19.5 Å². The van der Waals surface area contributed by atoms with E-state index in [2.05, 4.69) is 60.5 Å². The topological polar surface area (TPSA) is 72.9 Å². The van der Waals surface area contributed by atoms with Crippen molar-refractivity contribution in [1.82, 2.24) is 9.88 Å². The van der Waals surface area contributed by atoms with Crippen LogP contribution in [0.1, 0.15) is 108 Å². The van der Waals surface area contributed by atoms with Gasteiger partial charge in [-0.15, -0.1) is 0 Å².